The number of nitro groups is 2. The van der Waals surface area contributed by atoms with Crippen LogP contribution in [0.3, 0.4) is 0 Å². The lowest BCUT2D eigenvalue weighted by atomic mass is 10.00. The molecular formula is C18H25N3O7. The van der Waals surface area contributed by atoms with Crippen LogP contribution in [0.2, 0.25) is 0 Å². The number of carbonyl (C=O) groups is 2. The van der Waals surface area contributed by atoms with Gasteiger partial charge < -0.3 is 9.64 Å². The fraction of sp³-hybridized carbons (Fsp3) is 0.556. The maximum Gasteiger partial charge on any atom is 0.305 e. The molecular weight excluding hydrogens is 370 g/mol. The molecule has 10 nitrogen and oxygen atoms in total. The molecule has 0 unspecified atom stereocenters. The number of hydrogen-bond acceptors (Lipinski definition) is 8. The van der Waals surface area contributed by atoms with Crippen molar-refractivity contribution in [2.24, 2.45) is 0 Å². The number of carbonyl (C=O) groups excluding carboxylic acids is 2. The Kier molecular flexibility index (Phi) is 9.00. The molecule has 28 heavy (non-hydrogen) atoms. The highest BCUT2D eigenvalue weighted by Gasteiger charge is 2.30. The van der Waals surface area contributed by atoms with Crippen molar-refractivity contribution in [2.45, 2.75) is 46.0 Å². The number of rotatable bonds is 12. The number of nitro benzene ring substituents is 2. The van der Waals surface area contributed by atoms with Gasteiger partial charge in [-0.05, 0) is 19.3 Å². The third-order valence-electron chi connectivity index (χ3n) is 4.10. The van der Waals surface area contributed by atoms with E-state index in [1.54, 1.807) is 4.90 Å². The number of benzene rings is 1. The Morgan fingerprint density at radius 2 is 1.64 bits per heavy atom. The molecule has 0 amide bonds. The van der Waals surface area contributed by atoms with Crippen molar-refractivity contribution in [3.05, 3.63) is 37.9 Å². The topological polar surface area (TPSA) is 133 Å². The van der Waals surface area contributed by atoms with E-state index in [2.05, 4.69) is 4.74 Å². The minimum atomic E-state index is -0.758. The summed E-state index contributed by atoms with van der Waals surface area (Å²) < 4.78 is 4.53. The Morgan fingerprint density at radius 3 is 2.11 bits per heavy atom. The summed E-state index contributed by atoms with van der Waals surface area (Å²) in [4.78, 5) is 47.1. The number of methoxy groups -OCH3 is 1. The van der Waals surface area contributed by atoms with E-state index in [1.807, 2.05) is 13.8 Å². The van der Waals surface area contributed by atoms with E-state index < -0.39 is 33.0 Å². The molecule has 0 fully saturated rings. The van der Waals surface area contributed by atoms with Gasteiger partial charge in [-0.25, -0.2) is 0 Å². The molecule has 1 aromatic carbocycles. The number of ketones is 1. The fourth-order valence-corrected chi connectivity index (χ4v) is 2.90. The molecule has 154 valence electrons. The lowest BCUT2D eigenvalue weighted by Crippen LogP contribution is -2.28. The Balaban J connectivity index is 3.46. The highest BCUT2D eigenvalue weighted by molar-refractivity contribution is 6.04. The molecule has 1 aromatic rings. The van der Waals surface area contributed by atoms with Gasteiger partial charge in [-0.3, -0.25) is 29.8 Å². The number of anilines is 1. The monoisotopic (exact) mass is 395 g/mol. The molecule has 0 radical (unpaired) electrons. The minimum absolute atomic E-state index is 0.0161. The van der Waals surface area contributed by atoms with Crippen LogP contribution in [0.25, 0.3) is 0 Å². The van der Waals surface area contributed by atoms with Crippen LogP contribution in [0, 0.1) is 20.2 Å². The van der Waals surface area contributed by atoms with E-state index >= 15 is 0 Å². The summed E-state index contributed by atoms with van der Waals surface area (Å²) in [6, 6.07) is 1.97. The Labute approximate surface area is 162 Å². The molecule has 0 N–H and O–H groups in total. The van der Waals surface area contributed by atoms with E-state index in [4.69, 9.17) is 0 Å². The van der Waals surface area contributed by atoms with Crippen LogP contribution in [0.5, 0.6) is 0 Å². The third-order valence-corrected chi connectivity index (χ3v) is 4.10. The van der Waals surface area contributed by atoms with E-state index in [1.165, 1.54) is 7.11 Å². The van der Waals surface area contributed by atoms with Gasteiger partial charge in [-0.1, -0.05) is 13.8 Å². The first-order valence-electron chi connectivity index (χ1n) is 9.08. The van der Waals surface area contributed by atoms with Gasteiger partial charge in [0.15, 0.2) is 5.78 Å². The molecule has 0 heterocycles. The molecule has 0 bridgehead atoms. The second-order valence-electron chi connectivity index (χ2n) is 6.22. The normalized spacial score (nSPS) is 10.4. The number of nitrogens with zero attached hydrogens (tertiary/aromatic N) is 3. The summed E-state index contributed by atoms with van der Waals surface area (Å²) in [7, 11) is 1.24. The summed E-state index contributed by atoms with van der Waals surface area (Å²) in [5.74, 6) is -0.959. The van der Waals surface area contributed by atoms with Crippen molar-refractivity contribution in [3.8, 4) is 0 Å². The lowest BCUT2D eigenvalue weighted by molar-refractivity contribution is -0.393. The average molecular weight is 395 g/mol. The molecule has 0 saturated heterocycles. The van der Waals surface area contributed by atoms with Gasteiger partial charge in [0.05, 0.1) is 28.6 Å². The van der Waals surface area contributed by atoms with E-state index in [9.17, 15) is 29.8 Å². The van der Waals surface area contributed by atoms with Gasteiger partial charge in [0, 0.05) is 32.0 Å². The first kappa shape index (κ1) is 23.0. The second kappa shape index (κ2) is 11.0. The quantitative estimate of drug-likeness (QED) is 0.227. The Bertz CT molecular complexity index is 743. The van der Waals surface area contributed by atoms with Crippen LogP contribution in [0.15, 0.2) is 12.1 Å². The highest BCUT2D eigenvalue weighted by Crippen LogP contribution is 2.37. The predicted octanol–water partition coefficient (Wildman–Crippen LogP) is 3.66. The van der Waals surface area contributed by atoms with Crippen LogP contribution in [0.4, 0.5) is 17.1 Å². The van der Waals surface area contributed by atoms with Gasteiger partial charge in [0.25, 0.3) is 11.4 Å². The van der Waals surface area contributed by atoms with Crippen molar-refractivity contribution in [3.63, 3.8) is 0 Å². The molecule has 10 heteroatoms. The Morgan fingerprint density at radius 1 is 1.04 bits per heavy atom. The van der Waals surface area contributed by atoms with Crippen molar-refractivity contribution >= 4 is 28.8 Å². The van der Waals surface area contributed by atoms with E-state index in [0.29, 0.717) is 25.9 Å². The molecule has 0 spiro atoms. The molecule has 1 rings (SSSR count). The van der Waals surface area contributed by atoms with Crippen LogP contribution in [-0.4, -0.2) is 41.8 Å². The molecule has 0 aliphatic rings. The molecule has 0 aliphatic carbocycles. The molecule has 0 aromatic heterocycles. The maximum absolute atomic E-state index is 12.8. The summed E-state index contributed by atoms with van der Waals surface area (Å²) in [5, 5.41) is 22.8. The van der Waals surface area contributed by atoms with Crippen LogP contribution in [0.1, 0.15) is 56.3 Å². The fourth-order valence-electron chi connectivity index (χ4n) is 2.90. The zero-order chi connectivity index (χ0) is 21.3. The summed E-state index contributed by atoms with van der Waals surface area (Å²) in [6.07, 6.45) is 1.49. The third kappa shape index (κ3) is 6.00. The zero-order valence-electron chi connectivity index (χ0n) is 16.3. The van der Waals surface area contributed by atoms with Gasteiger partial charge in [0.1, 0.15) is 5.69 Å². The Hall–Kier alpha value is -3.04. The number of hydrogen-bond donors (Lipinski definition) is 0. The van der Waals surface area contributed by atoms with Crippen LogP contribution in [-0.2, 0) is 9.53 Å². The molecule has 0 aliphatic heterocycles. The van der Waals surface area contributed by atoms with Crippen molar-refractivity contribution in [2.75, 3.05) is 25.1 Å². The van der Waals surface area contributed by atoms with Crippen LogP contribution >= 0.6 is 0 Å². The maximum atomic E-state index is 12.8. The molecule has 0 saturated carbocycles. The number of Topliss-reactive ketones (excluding diaryl/α,β-unsaturated/α-hetero) is 1. The highest BCUT2D eigenvalue weighted by atomic mass is 16.6. The van der Waals surface area contributed by atoms with Gasteiger partial charge in [-0.2, -0.15) is 0 Å². The summed E-state index contributed by atoms with van der Waals surface area (Å²) >= 11 is 0. The van der Waals surface area contributed by atoms with Crippen molar-refractivity contribution < 1.29 is 24.2 Å². The van der Waals surface area contributed by atoms with Crippen LogP contribution < -0.4 is 4.90 Å². The van der Waals surface area contributed by atoms with E-state index in [-0.39, 0.29) is 30.5 Å². The lowest BCUT2D eigenvalue weighted by Gasteiger charge is -2.25. The number of non-ortho nitro benzene ring substituents is 1. The van der Waals surface area contributed by atoms with Gasteiger partial charge in [0.2, 0.25) is 0 Å². The minimum Gasteiger partial charge on any atom is -0.469 e. The second-order valence-corrected chi connectivity index (χ2v) is 6.22. The zero-order valence-corrected chi connectivity index (χ0v) is 16.3. The van der Waals surface area contributed by atoms with Gasteiger partial charge in [-0.15, -0.1) is 0 Å². The number of ether oxygens (including phenoxy) is 1. The SMILES string of the molecule is CCCN(CCC)c1c(C(=O)CCCC(=O)OC)cc([N+](=O)[O-])cc1[N+](=O)[O-]. The predicted molar refractivity (Wildman–Crippen MR) is 103 cm³/mol. The standard InChI is InChI=1S/C18H25N3O7/c1-4-9-19(10-5-2)18-14(16(22)7-6-8-17(23)28-3)11-13(20(24)25)12-15(18)21(26)27/h11-12H,4-10H2,1-3H3. The average Bonchev–Trinajstić information content (AvgIpc) is 2.66. The first-order chi connectivity index (χ1) is 13.3. The number of esters is 1. The first-order valence-corrected chi connectivity index (χ1v) is 9.08. The van der Waals surface area contributed by atoms with Crippen molar-refractivity contribution in [1.29, 1.82) is 0 Å². The molecule has 0 atom stereocenters. The van der Waals surface area contributed by atoms with Crippen molar-refractivity contribution in [1.82, 2.24) is 0 Å². The summed E-state index contributed by atoms with van der Waals surface area (Å²) in [6.45, 7) is 4.74. The smallest absolute Gasteiger partial charge is 0.305 e. The van der Waals surface area contributed by atoms with Gasteiger partial charge >= 0.3 is 5.97 Å². The van der Waals surface area contributed by atoms with E-state index in [0.717, 1.165) is 12.1 Å². The summed E-state index contributed by atoms with van der Waals surface area (Å²) in [5.41, 5.74) is -0.942. The largest absolute Gasteiger partial charge is 0.469 e.